The van der Waals surface area contributed by atoms with Gasteiger partial charge >= 0.3 is 0 Å². The van der Waals surface area contributed by atoms with Gasteiger partial charge in [0.25, 0.3) is 0 Å². The van der Waals surface area contributed by atoms with Gasteiger partial charge in [0.1, 0.15) is 0 Å². The van der Waals surface area contributed by atoms with E-state index in [0.717, 1.165) is 13.1 Å². The van der Waals surface area contributed by atoms with E-state index < -0.39 is 0 Å². The number of hydrogen-bond donors (Lipinski definition) is 1. The van der Waals surface area contributed by atoms with E-state index in [1.54, 1.807) is 0 Å². The second-order valence-corrected chi connectivity index (χ2v) is 6.11. The Labute approximate surface area is 117 Å². The zero-order chi connectivity index (χ0) is 13.8. The summed E-state index contributed by atoms with van der Waals surface area (Å²) in [6.45, 7) is 4.50. The number of rotatable bonds is 5. The molecule has 106 valence electrons. The van der Waals surface area contributed by atoms with Crippen molar-refractivity contribution in [2.24, 2.45) is 0 Å². The summed E-state index contributed by atoms with van der Waals surface area (Å²) in [5.41, 5.74) is 1.39. The predicted octanol–water partition coefficient (Wildman–Crippen LogP) is 1.97. The highest BCUT2D eigenvalue weighted by atomic mass is 15.2. The molecule has 1 aliphatic rings. The first-order valence-electron chi connectivity index (χ1n) is 7.22. The zero-order valence-electron chi connectivity index (χ0n) is 12.6. The normalized spacial score (nSPS) is 25.9. The molecule has 3 nitrogen and oxygen atoms in total. The lowest BCUT2D eigenvalue weighted by atomic mass is 10.0. The van der Waals surface area contributed by atoms with E-state index in [0.29, 0.717) is 18.1 Å². The molecule has 1 aromatic rings. The van der Waals surface area contributed by atoms with E-state index in [-0.39, 0.29) is 0 Å². The fourth-order valence-corrected chi connectivity index (χ4v) is 2.90. The minimum absolute atomic E-state index is 0.417. The number of nitrogens with zero attached hydrogens (tertiary/aromatic N) is 2. The van der Waals surface area contributed by atoms with Crippen LogP contribution in [0.25, 0.3) is 0 Å². The van der Waals surface area contributed by atoms with Gasteiger partial charge in [0, 0.05) is 31.2 Å². The van der Waals surface area contributed by atoms with E-state index in [4.69, 9.17) is 0 Å². The van der Waals surface area contributed by atoms with Crippen LogP contribution in [0.15, 0.2) is 30.3 Å². The molecule has 0 amide bonds. The molecule has 19 heavy (non-hydrogen) atoms. The Morgan fingerprint density at radius 2 is 2.00 bits per heavy atom. The fourth-order valence-electron chi connectivity index (χ4n) is 2.90. The quantitative estimate of drug-likeness (QED) is 0.874. The monoisotopic (exact) mass is 261 g/mol. The molecule has 3 atom stereocenters. The molecule has 0 bridgehead atoms. The Bertz CT molecular complexity index is 367. The minimum Gasteiger partial charge on any atom is -0.308 e. The molecule has 1 aromatic carbocycles. The van der Waals surface area contributed by atoms with Crippen molar-refractivity contribution in [3.8, 4) is 0 Å². The van der Waals surface area contributed by atoms with Gasteiger partial charge in [-0.3, -0.25) is 0 Å². The van der Waals surface area contributed by atoms with Gasteiger partial charge in [-0.05, 0) is 40.1 Å². The molecule has 0 aliphatic carbocycles. The highest BCUT2D eigenvalue weighted by Gasteiger charge is 2.28. The summed E-state index contributed by atoms with van der Waals surface area (Å²) in [6.07, 6.45) is 1.24. The van der Waals surface area contributed by atoms with Crippen LogP contribution in [0.3, 0.4) is 0 Å². The van der Waals surface area contributed by atoms with Crippen LogP contribution in [0, 0.1) is 0 Å². The fraction of sp³-hybridized carbons (Fsp3) is 0.625. The van der Waals surface area contributed by atoms with E-state index in [1.165, 1.54) is 12.0 Å². The lowest BCUT2D eigenvalue weighted by Crippen LogP contribution is -2.39. The van der Waals surface area contributed by atoms with E-state index >= 15 is 0 Å². The molecule has 0 radical (unpaired) electrons. The Morgan fingerprint density at radius 3 is 2.53 bits per heavy atom. The summed E-state index contributed by atoms with van der Waals surface area (Å²) < 4.78 is 0. The molecule has 3 heteroatoms. The van der Waals surface area contributed by atoms with E-state index in [9.17, 15) is 0 Å². The maximum Gasteiger partial charge on any atom is 0.0451 e. The second kappa shape index (κ2) is 6.51. The van der Waals surface area contributed by atoms with Gasteiger partial charge in [-0.2, -0.15) is 0 Å². The molecule has 0 spiro atoms. The molecule has 1 N–H and O–H groups in total. The Balaban J connectivity index is 2.03. The van der Waals surface area contributed by atoms with Crippen LogP contribution in [-0.2, 0) is 0 Å². The summed E-state index contributed by atoms with van der Waals surface area (Å²) in [7, 11) is 6.50. The van der Waals surface area contributed by atoms with Gasteiger partial charge in [0.2, 0.25) is 0 Å². The zero-order valence-corrected chi connectivity index (χ0v) is 12.6. The molecule has 3 unspecified atom stereocenters. The number of likely N-dealkylation sites (N-methyl/N-ethyl adjacent to an activating group) is 2. The van der Waals surface area contributed by atoms with Crippen LogP contribution in [0.2, 0.25) is 0 Å². The molecule has 1 aliphatic heterocycles. The molecule has 0 aromatic heterocycles. The Hall–Kier alpha value is -0.900. The molecule has 1 heterocycles. The second-order valence-electron chi connectivity index (χ2n) is 6.11. The van der Waals surface area contributed by atoms with Crippen molar-refractivity contribution in [3.63, 3.8) is 0 Å². The van der Waals surface area contributed by atoms with E-state index in [2.05, 4.69) is 73.5 Å². The first kappa shape index (κ1) is 14.5. The van der Waals surface area contributed by atoms with Crippen molar-refractivity contribution in [1.29, 1.82) is 0 Å². The molecular formula is C16H27N3. The van der Waals surface area contributed by atoms with Gasteiger partial charge in [-0.1, -0.05) is 30.3 Å². The highest BCUT2D eigenvalue weighted by molar-refractivity contribution is 5.19. The van der Waals surface area contributed by atoms with Crippen molar-refractivity contribution < 1.29 is 0 Å². The standard InChI is InChI=1S/C16H27N3/c1-13-10-15(11-19(13)4)17-16(12-18(2)3)14-8-6-5-7-9-14/h5-9,13,15-17H,10-12H2,1-4H3. The summed E-state index contributed by atoms with van der Waals surface area (Å²) in [4.78, 5) is 4.70. The van der Waals surface area contributed by atoms with E-state index in [1.807, 2.05) is 0 Å². The third-order valence-electron chi connectivity index (χ3n) is 4.07. The smallest absolute Gasteiger partial charge is 0.0451 e. The largest absolute Gasteiger partial charge is 0.308 e. The minimum atomic E-state index is 0.417. The third-order valence-corrected chi connectivity index (χ3v) is 4.07. The molecule has 1 fully saturated rings. The first-order chi connectivity index (χ1) is 9.06. The molecule has 2 rings (SSSR count). The van der Waals surface area contributed by atoms with Crippen molar-refractivity contribution in [1.82, 2.24) is 15.1 Å². The maximum atomic E-state index is 3.84. The SMILES string of the molecule is CC1CC(NC(CN(C)C)c2ccccc2)CN1C. The highest BCUT2D eigenvalue weighted by Crippen LogP contribution is 2.20. The molecule has 1 saturated heterocycles. The van der Waals surface area contributed by atoms with Crippen LogP contribution < -0.4 is 5.32 Å². The number of hydrogen-bond acceptors (Lipinski definition) is 3. The van der Waals surface area contributed by atoms with Gasteiger partial charge in [-0.15, -0.1) is 0 Å². The van der Waals surface area contributed by atoms with Crippen molar-refractivity contribution in [2.75, 3.05) is 34.2 Å². The Morgan fingerprint density at radius 1 is 1.32 bits per heavy atom. The number of benzene rings is 1. The van der Waals surface area contributed by atoms with Gasteiger partial charge in [0.05, 0.1) is 0 Å². The van der Waals surface area contributed by atoms with Crippen molar-refractivity contribution >= 4 is 0 Å². The average Bonchev–Trinajstić information content (AvgIpc) is 2.68. The summed E-state index contributed by atoms with van der Waals surface area (Å²) in [5, 5.41) is 3.84. The van der Waals surface area contributed by atoms with Crippen LogP contribution in [0.1, 0.15) is 24.9 Å². The maximum absolute atomic E-state index is 3.84. The number of nitrogens with one attached hydrogen (secondary N) is 1. The van der Waals surface area contributed by atoms with Crippen molar-refractivity contribution in [2.45, 2.75) is 31.5 Å². The summed E-state index contributed by atoms with van der Waals surface area (Å²) >= 11 is 0. The van der Waals surface area contributed by atoms with Gasteiger partial charge in [0.15, 0.2) is 0 Å². The summed E-state index contributed by atoms with van der Waals surface area (Å²) in [6, 6.07) is 12.5. The Kier molecular flexibility index (Phi) is 4.97. The predicted molar refractivity (Wildman–Crippen MR) is 81.4 cm³/mol. The van der Waals surface area contributed by atoms with Crippen LogP contribution in [0.5, 0.6) is 0 Å². The van der Waals surface area contributed by atoms with Crippen LogP contribution in [0.4, 0.5) is 0 Å². The van der Waals surface area contributed by atoms with Crippen LogP contribution in [-0.4, -0.2) is 56.1 Å². The molecule has 0 saturated carbocycles. The van der Waals surface area contributed by atoms with Crippen LogP contribution >= 0.6 is 0 Å². The topological polar surface area (TPSA) is 18.5 Å². The lowest BCUT2D eigenvalue weighted by molar-refractivity contribution is 0.307. The average molecular weight is 261 g/mol. The van der Waals surface area contributed by atoms with Gasteiger partial charge in [-0.25, -0.2) is 0 Å². The number of likely N-dealkylation sites (tertiary alicyclic amines) is 1. The first-order valence-corrected chi connectivity index (χ1v) is 7.22. The molecular weight excluding hydrogens is 234 g/mol. The van der Waals surface area contributed by atoms with Crippen molar-refractivity contribution in [3.05, 3.63) is 35.9 Å². The van der Waals surface area contributed by atoms with Gasteiger partial charge < -0.3 is 15.1 Å². The summed E-state index contributed by atoms with van der Waals surface area (Å²) in [5.74, 6) is 0. The third kappa shape index (κ3) is 4.03. The lowest BCUT2D eigenvalue weighted by Gasteiger charge is -2.26.